The molecule has 0 aromatic carbocycles. The molecule has 2 fully saturated rings. The van der Waals surface area contributed by atoms with E-state index in [-0.39, 0.29) is 30.3 Å². The fourth-order valence-corrected chi connectivity index (χ4v) is 4.79. The Hall–Kier alpha value is -1.11. The predicted molar refractivity (Wildman–Crippen MR) is 113 cm³/mol. The average Bonchev–Trinajstić information content (AvgIpc) is 3.09. The van der Waals surface area contributed by atoms with Gasteiger partial charge in [0.25, 0.3) is 5.91 Å². The second-order valence-corrected chi connectivity index (χ2v) is 9.11. The van der Waals surface area contributed by atoms with Crippen molar-refractivity contribution in [1.82, 2.24) is 15.5 Å². The first-order chi connectivity index (χ1) is 12.5. The number of hydrogen-bond donors (Lipinski definition) is 2. The molecule has 2 amide bonds. The molecule has 3 heterocycles. The molecule has 1 aromatic rings. The van der Waals surface area contributed by atoms with Crippen LogP contribution in [0.15, 0.2) is 12.1 Å². The van der Waals surface area contributed by atoms with Gasteiger partial charge >= 0.3 is 0 Å². The summed E-state index contributed by atoms with van der Waals surface area (Å²) in [6.45, 7) is 7.89. The maximum absolute atomic E-state index is 12.6. The summed E-state index contributed by atoms with van der Waals surface area (Å²) in [7, 11) is 0. The van der Waals surface area contributed by atoms with E-state index in [4.69, 9.17) is 0 Å². The van der Waals surface area contributed by atoms with Crippen LogP contribution in [-0.4, -0.2) is 48.9 Å². The number of thiophene rings is 1. The van der Waals surface area contributed by atoms with Crippen LogP contribution in [0.25, 0.3) is 0 Å². The molecule has 7 heteroatoms. The molecule has 152 valence electrons. The molecule has 2 aliphatic heterocycles. The minimum Gasteiger partial charge on any atom is -0.348 e. The van der Waals surface area contributed by atoms with Gasteiger partial charge in [-0.05, 0) is 69.7 Å². The van der Waals surface area contributed by atoms with Gasteiger partial charge in [-0.3, -0.25) is 9.59 Å². The number of likely N-dealkylation sites (tertiary alicyclic amines) is 1. The average molecular weight is 414 g/mol. The van der Waals surface area contributed by atoms with Gasteiger partial charge < -0.3 is 15.5 Å². The van der Waals surface area contributed by atoms with E-state index in [2.05, 4.69) is 17.6 Å². The fourth-order valence-electron chi connectivity index (χ4n) is 4.02. The van der Waals surface area contributed by atoms with E-state index in [9.17, 15) is 9.59 Å². The quantitative estimate of drug-likeness (QED) is 0.779. The van der Waals surface area contributed by atoms with E-state index in [0.717, 1.165) is 48.8 Å². The van der Waals surface area contributed by atoms with Crippen LogP contribution >= 0.6 is 23.7 Å². The van der Waals surface area contributed by atoms with Crippen molar-refractivity contribution < 1.29 is 9.59 Å². The van der Waals surface area contributed by atoms with Crippen LogP contribution in [0, 0.1) is 18.8 Å². The topological polar surface area (TPSA) is 61.4 Å². The molecule has 2 unspecified atom stereocenters. The number of aryl methyl sites for hydroxylation is 1. The Kier molecular flexibility index (Phi) is 8.58. The Morgan fingerprint density at radius 1 is 1.30 bits per heavy atom. The molecule has 0 aliphatic carbocycles. The molecular weight excluding hydrogens is 382 g/mol. The maximum Gasteiger partial charge on any atom is 0.261 e. The van der Waals surface area contributed by atoms with Gasteiger partial charge in [0.15, 0.2) is 0 Å². The van der Waals surface area contributed by atoms with Crippen molar-refractivity contribution >= 4 is 35.6 Å². The monoisotopic (exact) mass is 413 g/mol. The van der Waals surface area contributed by atoms with Gasteiger partial charge in [-0.1, -0.05) is 6.92 Å². The second kappa shape index (κ2) is 10.4. The van der Waals surface area contributed by atoms with Crippen molar-refractivity contribution in [3.8, 4) is 0 Å². The third-order valence-electron chi connectivity index (χ3n) is 5.78. The van der Waals surface area contributed by atoms with Crippen LogP contribution < -0.4 is 10.6 Å². The van der Waals surface area contributed by atoms with Crippen molar-refractivity contribution in [1.29, 1.82) is 0 Å². The molecule has 5 nitrogen and oxygen atoms in total. The summed E-state index contributed by atoms with van der Waals surface area (Å²) in [6, 6.07) is 4.04. The Morgan fingerprint density at radius 3 is 2.63 bits per heavy atom. The highest BCUT2D eigenvalue weighted by Gasteiger charge is 2.27. The van der Waals surface area contributed by atoms with E-state index in [1.165, 1.54) is 24.2 Å². The van der Waals surface area contributed by atoms with Gasteiger partial charge in [-0.2, -0.15) is 0 Å². The minimum absolute atomic E-state index is 0. The minimum atomic E-state index is 0. The molecular formula is C20H32ClN3O2S. The number of rotatable bonds is 5. The first-order valence-corrected chi connectivity index (χ1v) is 10.7. The summed E-state index contributed by atoms with van der Waals surface area (Å²) in [5.74, 6) is 1.36. The molecule has 27 heavy (non-hydrogen) atoms. The van der Waals surface area contributed by atoms with Crippen molar-refractivity contribution in [2.24, 2.45) is 11.8 Å². The lowest BCUT2D eigenvalue weighted by molar-refractivity contribution is -0.133. The number of amides is 2. The van der Waals surface area contributed by atoms with Gasteiger partial charge in [0, 0.05) is 30.4 Å². The van der Waals surface area contributed by atoms with Gasteiger partial charge in [-0.15, -0.1) is 23.7 Å². The van der Waals surface area contributed by atoms with E-state index < -0.39 is 0 Å². The van der Waals surface area contributed by atoms with E-state index in [1.807, 2.05) is 24.0 Å². The van der Waals surface area contributed by atoms with Gasteiger partial charge in [0.1, 0.15) is 0 Å². The van der Waals surface area contributed by atoms with Crippen LogP contribution in [0.2, 0.25) is 0 Å². The lowest BCUT2D eigenvalue weighted by Gasteiger charge is -2.34. The Balaban J connectivity index is 0.00000261. The Labute approximate surface area is 172 Å². The number of nitrogens with zero attached hydrogens (tertiary/aromatic N) is 1. The molecule has 0 saturated carbocycles. The predicted octanol–water partition coefficient (Wildman–Crippen LogP) is 3.22. The highest BCUT2D eigenvalue weighted by Crippen LogP contribution is 2.24. The summed E-state index contributed by atoms with van der Waals surface area (Å²) >= 11 is 1.53. The number of halogens is 1. The summed E-state index contributed by atoms with van der Waals surface area (Å²) in [5, 5.41) is 6.57. The molecule has 1 aromatic heterocycles. The summed E-state index contributed by atoms with van der Waals surface area (Å²) in [5.41, 5.74) is 0. The summed E-state index contributed by atoms with van der Waals surface area (Å²) in [6.07, 6.45) is 4.80. The number of nitrogens with one attached hydrogen (secondary N) is 2. The van der Waals surface area contributed by atoms with Crippen LogP contribution in [0.3, 0.4) is 0 Å². The largest absolute Gasteiger partial charge is 0.348 e. The summed E-state index contributed by atoms with van der Waals surface area (Å²) < 4.78 is 0. The molecule has 2 N–H and O–H groups in total. The number of carbonyl (C=O) groups excluding carboxylic acids is 2. The fraction of sp³-hybridized carbons (Fsp3) is 0.700. The van der Waals surface area contributed by atoms with Crippen molar-refractivity contribution in [3.05, 3.63) is 21.9 Å². The van der Waals surface area contributed by atoms with Crippen LogP contribution in [0.1, 0.15) is 53.6 Å². The first-order valence-electron chi connectivity index (χ1n) is 9.88. The molecule has 0 spiro atoms. The third-order valence-corrected chi connectivity index (χ3v) is 6.78. The van der Waals surface area contributed by atoms with Crippen molar-refractivity contribution in [2.45, 2.75) is 52.0 Å². The van der Waals surface area contributed by atoms with E-state index >= 15 is 0 Å². The normalized spacial score (nSPS) is 22.0. The van der Waals surface area contributed by atoms with Crippen LogP contribution in [-0.2, 0) is 4.79 Å². The lowest BCUT2D eigenvalue weighted by atomic mass is 9.85. The lowest BCUT2D eigenvalue weighted by Crippen LogP contribution is -2.47. The highest BCUT2D eigenvalue weighted by atomic mass is 35.5. The van der Waals surface area contributed by atoms with Crippen LogP contribution in [0.4, 0.5) is 0 Å². The Bertz CT molecular complexity index is 622. The smallest absolute Gasteiger partial charge is 0.261 e. The van der Waals surface area contributed by atoms with E-state index in [0.29, 0.717) is 18.3 Å². The molecule has 0 radical (unpaired) electrons. The highest BCUT2D eigenvalue weighted by molar-refractivity contribution is 7.13. The molecule has 2 aliphatic rings. The number of hydrogen-bond acceptors (Lipinski definition) is 4. The SMILES string of the molecule is Cc1ccc(C(=O)NC2CCN(C(=O)CC(C)C3CCCNC3)CC2)s1.Cl. The maximum atomic E-state index is 12.6. The molecule has 2 saturated heterocycles. The Morgan fingerprint density at radius 2 is 2.04 bits per heavy atom. The van der Waals surface area contributed by atoms with E-state index in [1.54, 1.807) is 0 Å². The van der Waals surface area contributed by atoms with Crippen LogP contribution in [0.5, 0.6) is 0 Å². The van der Waals surface area contributed by atoms with Gasteiger partial charge in [0.2, 0.25) is 5.91 Å². The number of carbonyl (C=O) groups is 2. The van der Waals surface area contributed by atoms with Gasteiger partial charge in [0.05, 0.1) is 4.88 Å². The number of piperidine rings is 2. The molecule has 2 atom stereocenters. The van der Waals surface area contributed by atoms with Gasteiger partial charge in [-0.25, -0.2) is 0 Å². The zero-order valence-electron chi connectivity index (χ0n) is 16.3. The zero-order chi connectivity index (χ0) is 18.5. The standard InChI is InChI=1S/C20H31N3O2S.ClH/c1-14(16-4-3-9-21-13-16)12-19(24)23-10-7-17(8-11-23)22-20(25)18-6-5-15(2)26-18;/h5-6,14,16-17,21H,3-4,7-13H2,1-2H3,(H,22,25);1H. The second-order valence-electron chi connectivity index (χ2n) is 7.83. The molecule has 0 bridgehead atoms. The molecule has 3 rings (SSSR count). The van der Waals surface area contributed by atoms with Crippen molar-refractivity contribution in [3.63, 3.8) is 0 Å². The zero-order valence-corrected chi connectivity index (χ0v) is 18.0. The third kappa shape index (κ3) is 6.19. The summed E-state index contributed by atoms with van der Waals surface area (Å²) in [4.78, 5) is 28.8. The first kappa shape index (κ1) is 22.2. The van der Waals surface area contributed by atoms with Crippen molar-refractivity contribution in [2.75, 3.05) is 26.2 Å².